The molecule has 258 valence electrons. The maximum absolute atomic E-state index is 15.7. The van der Waals surface area contributed by atoms with E-state index in [1.807, 2.05) is 14.0 Å². The first-order valence-corrected chi connectivity index (χ1v) is 17.2. The van der Waals surface area contributed by atoms with E-state index in [1.54, 1.807) is 17.9 Å². The number of likely N-dealkylation sites (N-methyl/N-ethyl adjacent to an activating group) is 1. The molecule has 13 nitrogen and oxygen atoms in total. The van der Waals surface area contributed by atoms with Crippen molar-refractivity contribution in [2.75, 3.05) is 38.5 Å². The van der Waals surface area contributed by atoms with Crippen molar-refractivity contribution in [3.05, 3.63) is 58.2 Å². The van der Waals surface area contributed by atoms with Crippen molar-refractivity contribution in [2.24, 2.45) is 11.8 Å². The van der Waals surface area contributed by atoms with Gasteiger partial charge in [-0.15, -0.1) is 5.10 Å². The third-order valence-corrected chi connectivity index (χ3v) is 10.2. The Bertz CT molecular complexity index is 1580. The lowest BCUT2D eigenvalue weighted by Crippen LogP contribution is -2.55. The molecule has 0 radical (unpaired) electrons. The molecular weight excluding hydrogens is 639 g/mol. The lowest BCUT2D eigenvalue weighted by Gasteiger charge is -2.36. The van der Waals surface area contributed by atoms with E-state index < -0.39 is 41.5 Å². The number of hydrogen-bond acceptors (Lipinski definition) is 10. The standard InChI is InChI=1S/C33H43FN8O5S/c1-5-25-23(18-47-39-25)30(43)38-29(21-8-6-19(2)7-9-21)32(45)36-26-11-10-22(16-24(26)34)20(3)28(37-31(44)27-17-35-40-48-27)33(46)42-14-12-41(4)13-15-42/h10-11,16-21,28-29H,5-9,12-15H2,1-4H3,(H,36,45)(H,37,44)(H,38,43)/t19-,20-,21-,28+,29-/m0/s1. The fraction of sp³-hybridized carbons (Fsp3) is 0.545. The number of rotatable bonds is 11. The molecule has 4 amide bonds. The summed E-state index contributed by atoms with van der Waals surface area (Å²) < 4.78 is 24.5. The molecule has 0 bridgehead atoms. The van der Waals surface area contributed by atoms with Gasteiger partial charge in [0, 0.05) is 32.1 Å². The number of hydrogen-bond donors (Lipinski definition) is 3. The van der Waals surface area contributed by atoms with Crippen molar-refractivity contribution in [3.63, 3.8) is 0 Å². The minimum atomic E-state index is -0.985. The number of nitrogens with zero attached hydrogens (tertiary/aromatic N) is 5. The molecule has 2 aliphatic rings. The van der Waals surface area contributed by atoms with Gasteiger partial charge in [0.05, 0.1) is 17.6 Å². The zero-order valence-electron chi connectivity index (χ0n) is 27.7. The number of carbonyl (C=O) groups excluding carboxylic acids is 4. The van der Waals surface area contributed by atoms with Crippen LogP contribution in [0.15, 0.2) is 35.2 Å². The number of anilines is 1. The summed E-state index contributed by atoms with van der Waals surface area (Å²) in [7, 11) is 1.98. The second-order valence-corrected chi connectivity index (χ2v) is 13.7. The zero-order chi connectivity index (χ0) is 34.4. The number of benzene rings is 1. The highest BCUT2D eigenvalue weighted by Gasteiger charge is 2.36. The lowest BCUT2D eigenvalue weighted by molar-refractivity contribution is -0.135. The molecule has 5 rings (SSSR count). The fourth-order valence-electron chi connectivity index (χ4n) is 6.36. The van der Waals surface area contributed by atoms with Crippen molar-refractivity contribution in [1.29, 1.82) is 0 Å². The third kappa shape index (κ3) is 8.24. The monoisotopic (exact) mass is 682 g/mol. The topological polar surface area (TPSA) is 163 Å². The molecule has 48 heavy (non-hydrogen) atoms. The number of carbonyl (C=O) groups is 4. The van der Waals surface area contributed by atoms with Gasteiger partial charge < -0.3 is 30.3 Å². The second-order valence-electron chi connectivity index (χ2n) is 12.9. The maximum atomic E-state index is 15.7. The van der Waals surface area contributed by atoms with Crippen molar-refractivity contribution in [1.82, 2.24) is 35.2 Å². The Morgan fingerprint density at radius 3 is 2.44 bits per heavy atom. The normalized spacial score (nSPS) is 20.4. The highest BCUT2D eigenvalue weighted by Crippen LogP contribution is 2.32. The molecular formula is C33H43FN8O5S. The Balaban J connectivity index is 1.34. The summed E-state index contributed by atoms with van der Waals surface area (Å²) >= 11 is 0.916. The van der Waals surface area contributed by atoms with Crippen LogP contribution in [0.4, 0.5) is 10.1 Å². The molecule has 1 aliphatic carbocycles. The molecule has 3 heterocycles. The van der Waals surface area contributed by atoms with Gasteiger partial charge in [-0.25, -0.2) is 4.39 Å². The molecule has 0 spiro atoms. The summed E-state index contributed by atoms with van der Waals surface area (Å²) in [6.45, 7) is 8.17. The Morgan fingerprint density at radius 2 is 1.79 bits per heavy atom. The Hall–Kier alpha value is -4.24. The average Bonchev–Trinajstić information content (AvgIpc) is 3.80. The maximum Gasteiger partial charge on any atom is 0.265 e. The molecule has 3 N–H and O–H groups in total. The quantitative estimate of drug-likeness (QED) is 0.275. The molecule has 1 aliphatic heterocycles. The van der Waals surface area contributed by atoms with Gasteiger partial charge in [-0.05, 0) is 67.4 Å². The average molecular weight is 683 g/mol. The number of amides is 4. The molecule has 0 unspecified atom stereocenters. The van der Waals surface area contributed by atoms with Gasteiger partial charge in [-0.3, -0.25) is 19.2 Å². The summed E-state index contributed by atoms with van der Waals surface area (Å²) in [6.07, 6.45) is 6.41. The van der Waals surface area contributed by atoms with E-state index in [0.717, 1.165) is 37.2 Å². The summed E-state index contributed by atoms with van der Waals surface area (Å²) in [5.74, 6) is -2.67. The molecule has 15 heteroatoms. The first-order valence-electron chi connectivity index (χ1n) is 16.5. The van der Waals surface area contributed by atoms with Crippen LogP contribution in [0, 0.1) is 17.7 Å². The van der Waals surface area contributed by atoms with Gasteiger partial charge in [-0.1, -0.05) is 49.3 Å². The smallest absolute Gasteiger partial charge is 0.265 e. The van der Waals surface area contributed by atoms with Crippen molar-refractivity contribution >= 4 is 40.8 Å². The second kappa shape index (κ2) is 15.8. The van der Waals surface area contributed by atoms with Gasteiger partial charge in [0.2, 0.25) is 11.8 Å². The predicted octanol–water partition coefficient (Wildman–Crippen LogP) is 3.47. The van der Waals surface area contributed by atoms with Gasteiger partial charge in [0.1, 0.15) is 34.6 Å². The van der Waals surface area contributed by atoms with Crippen molar-refractivity contribution < 1.29 is 28.1 Å². The number of aryl methyl sites for hydroxylation is 1. The van der Waals surface area contributed by atoms with Gasteiger partial charge in [-0.2, -0.15) is 0 Å². The number of piperazine rings is 1. The molecule has 1 saturated heterocycles. The number of aromatic nitrogens is 3. The van der Waals surface area contributed by atoms with Crippen LogP contribution in [0.25, 0.3) is 0 Å². The number of halogens is 1. The number of nitrogens with one attached hydrogen (secondary N) is 3. The van der Waals surface area contributed by atoms with Crippen LogP contribution in [0.1, 0.15) is 83.7 Å². The fourth-order valence-corrected chi connectivity index (χ4v) is 6.78. The molecule has 1 saturated carbocycles. The first-order chi connectivity index (χ1) is 23.0. The van der Waals surface area contributed by atoms with Crippen LogP contribution in [-0.4, -0.2) is 93.5 Å². The van der Waals surface area contributed by atoms with E-state index in [-0.39, 0.29) is 28.0 Å². The Kier molecular flexibility index (Phi) is 11.5. The zero-order valence-corrected chi connectivity index (χ0v) is 28.5. The minimum Gasteiger partial charge on any atom is -0.364 e. The molecule has 2 fully saturated rings. The first kappa shape index (κ1) is 35.1. The molecule has 3 aromatic rings. The van der Waals surface area contributed by atoms with Crippen LogP contribution in [0.3, 0.4) is 0 Å². The molecule has 1 aromatic carbocycles. The third-order valence-electron chi connectivity index (χ3n) is 9.55. The van der Waals surface area contributed by atoms with Crippen LogP contribution < -0.4 is 16.0 Å². The lowest BCUT2D eigenvalue weighted by atomic mass is 9.79. The van der Waals surface area contributed by atoms with Crippen LogP contribution >= 0.6 is 11.5 Å². The molecule has 2 aromatic heterocycles. The van der Waals surface area contributed by atoms with Crippen LogP contribution in [0.2, 0.25) is 0 Å². The largest absolute Gasteiger partial charge is 0.364 e. The van der Waals surface area contributed by atoms with Gasteiger partial charge >= 0.3 is 0 Å². The van der Waals surface area contributed by atoms with E-state index in [2.05, 4.69) is 42.5 Å². The van der Waals surface area contributed by atoms with E-state index in [9.17, 15) is 19.2 Å². The predicted molar refractivity (Wildman–Crippen MR) is 177 cm³/mol. The Labute approximate surface area is 283 Å². The SMILES string of the molecule is CCc1nocc1C(=O)N[C@H](C(=O)Nc1ccc([C@H](C)[C@@H](NC(=O)c2cnns2)C(=O)N2CCN(C)CC2)cc1F)[C@H]1CC[C@H](C)CC1. The summed E-state index contributed by atoms with van der Waals surface area (Å²) in [6, 6.07) is 2.47. The summed E-state index contributed by atoms with van der Waals surface area (Å²) in [5, 5.41) is 16.0. The van der Waals surface area contributed by atoms with E-state index in [4.69, 9.17) is 4.52 Å². The molecule has 3 atom stereocenters. The van der Waals surface area contributed by atoms with Gasteiger partial charge in [0.25, 0.3) is 11.8 Å². The minimum absolute atomic E-state index is 0.0553. The van der Waals surface area contributed by atoms with E-state index >= 15 is 4.39 Å². The van der Waals surface area contributed by atoms with Crippen LogP contribution in [0.5, 0.6) is 0 Å². The summed E-state index contributed by atoms with van der Waals surface area (Å²) in [4.78, 5) is 57.8. The Morgan fingerprint density at radius 1 is 1.06 bits per heavy atom. The van der Waals surface area contributed by atoms with Crippen molar-refractivity contribution in [3.8, 4) is 0 Å². The van der Waals surface area contributed by atoms with Crippen LogP contribution in [-0.2, 0) is 16.0 Å². The van der Waals surface area contributed by atoms with E-state index in [0.29, 0.717) is 49.8 Å². The van der Waals surface area contributed by atoms with Crippen molar-refractivity contribution in [2.45, 2.75) is 70.9 Å². The summed E-state index contributed by atoms with van der Waals surface area (Å²) in [5.41, 5.74) is 1.17. The van der Waals surface area contributed by atoms with E-state index in [1.165, 1.54) is 24.6 Å². The highest BCUT2D eigenvalue weighted by molar-refractivity contribution is 7.07. The highest BCUT2D eigenvalue weighted by atomic mass is 32.1. The van der Waals surface area contributed by atoms with Gasteiger partial charge in [0.15, 0.2) is 0 Å².